The SMILES string of the molecule is CC1CCC(Nc2ccc(Br)cn2)C(C)C1. The first-order valence-electron chi connectivity index (χ1n) is 6.03. The number of hydrogen-bond acceptors (Lipinski definition) is 2. The molecular weight excluding hydrogens is 264 g/mol. The molecule has 1 aromatic rings. The van der Waals surface area contributed by atoms with Gasteiger partial charge in [0.15, 0.2) is 0 Å². The number of aromatic nitrogens is 1. The number of hydrogen-bond donors (Lipinski definition) is 1. The Morgan fingerprint density at radius 3 is 2.75 bits per heavy atom. The van der Waals surface area contributed by atoms with Crippen LogP contribution in [0.4, 0.5) is 5.82 Å². The van der Waals surface area contributed by atoms with Gasteiger partial charge in [-0.1, -0.05) is 13.8 Å². The zero-order valence-electron chi connectivity index (χ0n) is 9.91. The fourth-order valence-electron chi connectivity index (χ4n) is 2.53. The van der Waals surface area contributed by atoms with Crippen LogP contribution in [0.2, 0.25) is 0 Å². The van der Waals surface area contributed by atoms with E-state index in [0.717, 1.165) is 22.1 Å². The quantitative estimate of drug-likeness (QED) is 0.884. The van der Waals surface area contributed by atoms with Gasteiger partial charge in [0.25, 0.3) is 0 Å². The summed E-state index contributed by atoms with van der Waals surface area (Å²) in [7, 11) is 0. The summed E-state index contributed by atoms with van der Waals surface area (Å²) in [6.07, 6.45) is 5.77. The van der Waals surface area contributed by atoms with Crippen molar-refractivity contribution in [3.05, 3.63) is 22.8 Å². The molecule has 3 heteroatoms. The Balaban J connectivity index is 1.96. The lowest BCUT2D eigenvalue weighted by molar-refractivity contribution is 0.276. The molecule has 1 fully saturated rings. The van der Waals surface area contributed by atoms with E-state index in [2.05, 4.69) is 40.1 Å². The topological polar surface area (TPSA) is 24.9 Å². The molecule has 0 aromatic carbocycles. The van der Waals surface area contributed by atoms with Crippen molar-refractivity contribution in [3.8, 4) is 0 Å². The van der Waals surface area contributed by atoms with Gasteiger partial charge < -0.3 is 5.32 Å². The normalized spacial score (nSPS) is 30.1. The van der Waals surface area contributed by atoms with Crippen LogP contribution >= 0.6 is 15.9 Å². The largest absolute Gasteiger partial charge is 0.367 e. The van der Waals surface area contributed by atoms with E-state index in [-0.39, 0.29) is 0 Å². The Kier molecular flexibility index (Phi) is 3.85. The van der Waals surface area contributed by atoms with Crippen molar-refractivity contribution >= 4 is 21.7 Å². The Hall–Kier alpha value is -0.570. The van der Waals surface area contributed by atoms with Crippen molar-refractivity contribution in [2.45, 2.75) is 39.2 Å². The first kappa shape index (κ1) is 11.9. The lowest BCUT2D eigenvalue weighted by Gasteiger charge is -2.33. The van der Waals surface area contributed by atoms with E-state index in [1.54, 1.807) is 0 Å². The van der Waals surface area contributed by atoms with Crippen molar-refractivity contribution in [2.75, 3.05) is 5.32 Å². The first-order valence-corrected chi connectivity index (χ1v) is 6.82. The summed E-state index contributed by atoms with van der Waals surface area (Å²) in [4.78, 5) is 4.37. The van der Waals surface area contributed by atoms with Crippen molar-refractivity contribution in [2.24, 2.45) is 11.8 Å². The van der Waals surface area contributed by atoms with Crippen molar-refractivity contribution in [1.29, 1.82) is 0 Å². The molecule has 88 valence electrons. The molecule has 1 N–H and O–H groups in total. The lowest BCUT2D eigenvalue weighted by atomic mass is 9.80. The summed E-state index contributed by atoms with van der Waals surface area (Å²) >= 11 is 3.40. The van der Waals surface area contributed by atoms with Gasteiger partial charge in [-0.15, -0.1) is 0 Å². The summed E-state index contributed by atoms with van der Waals surface area (Å²) in [5.74, 6) is 2.62. The number of pyridine rings is 1. The average Bonchev–Trinajstić information content (AvgIpc) is 2.25. The minimum Gasteiger partial charge on any atom is -0.367 e. The molecule has 0 radical (unpaired) electrons. The highest BCUT2D eigenvalue weighted by molar-refractivity contribution is 9.10. The molecule has 1 aliphatic carbocycles. The van der Waals surface area contributed by atoms with Gasteiger partial charge in [-0.3, -0.25) is 0 Å². The van der Waals surface area contributed by atoms with Crippen LogP contribution in [0.3, 0.4) is 0 Å². The maximum atomic E-state index is 4.37. The third-order valence-electron chi connectivity index (χ3n) is 3.49. The average molecular weight is 283 g/mol. The van der Waals surface area contributed by atoms with Gasteiger partial charge in [0.1, 0.15) is 5.82 Å². The van der Waals surface area contributed by atoms with Crippen LogP contribution in [0.1, 0.15) is 33.1 Å². The smallest absolute Gasteiger partial charge is 0.126 e. The fourth-order valence-corrected chi connectivity index (χ4v) is 2.77. The highest BCUT2D eigenvalue weighted by Gasteiger charge is 2.25. The predicted octanol–water partition coefficient (Wildman–Crippen LogP) is 4.08. The maximum Gasteiger partial charge on any atom is 0.126 e. The molecule has 0 spiro atoms. The molecule has 16 heavy (non-hydrogen) atoms. The van der Waals surface area contributed by atoms with Crippen LogP contribution in [-0.2, 0) is 0 Å². The summed E-state index contributed by atoms with van der Waals surface area (Å²) in [5, 5.41) is 3.55. The van der Waals surface area contributed by atoms with E-state index in [1.807, 2.05) is 18.3 Å². The van der Waals surface area contributed by atoms with Gasteiger partial charge in [0.05, 0.1) is 0 Å². The number of anilines is 1. The molecule has 3 unspecified atom stereocenters. The van der Waals surface area contributed by atoms with Crippen LogP contribution in [0.25, 0.3) is 0 Å². The molecule has 0 amide bonds. The summed E-state index contributed by atoms with van der Waals surface area (Å²) in [6.45, 7) is 4.69. The maximum absolute atomic E-state index is 4.37. The molecule has 0 bridgehead atoms. The van der Waals surface area contributed by atoms with E-state index < -0.39 is 0 Å². The second-order valence-electron chi connectivity index (χ2n) is 5.01. The number of rotatable bonds is 2. The zero-order chi connectivity index (χ0) is 11.5. The number of nitrogens with one attached hydrogen (secondary N) is 1. The van der Waals surface area contributed by atoms with Crippen LogP contribution < -0.4 is 5.32 Å². The van der Waals surface area contributed by atoms with Crippen LogP contribution in [0, 0.1) is 11.8 Å². The van der Waals surface area contributed by atoms with Gasteiger partial charge in [-0.2, -0.15) is 0 Å². The fraction of sp³-hybridized carbons (Fsp3) is 0.615. The standard InChI is InChI=1S/C13H19BrN2/c1-9-3-5-12(10(2)7-9)16-13-6-4-11(14)8-15-13/h4,6,8-10,12H,3,5,7H2,1-2H3,(H,15,16). The van der Waals surface area contributed by atoms with E-state index in [4.69, 9.17) is 0 Å². The Labute approximate surface area is 106 Å². The van der Waals surface area contributed by atoms with E-state index >= 15 is 0 Å². The van der Waals surface area contributed by atoms with Gasteiger partial charge in [0, 0.05) is 16.7 Å². The van der Waals surface area contributed by atoms with E-state index in [9.17, 15) is 0 Å². The monoisotopic (exact) mass is 282 g/mol. The summed E-state index contributed by atoms with van der Waals surface area (Å²) in [5.41, 5.74) is 0. The van der Waals surface area contributed by atoms with Crippen LogP contribution in [0.5, 0.6) is 0 Å². The molecule has 0 aliphatic heterocycles. The van der Waals surface area contributed by atoms with E-state index in [1.165, 1.54) is 19.3 Å². The highest BCUT2D eigenvalue weighted by atomic mass is 79.9. The predicted molar refractivity (Wildman–Crippen MR) is 71.5 cm³/mol. The van der Waals surface area contributed by atoms with Gasteiger partial charge in [0.2, 0.25) is 0 Å². The second kappa shape index (κ2) is 5.17. The van der Waals surface area contributed by atoms with Crippen LogP contribution in [0.15, 0.2) is 22.8 Å². The van der Waals surface area contributed by atoms with Gasteiger partial charge >= 0.3 is 0 Å². The molecule has 2 nitrogen and oxygen atoms in total. The molecule has 0 saturated heterocycles. The minimum atomic E-state index is 0.588. The molecule has 1 heterocycles. The molecule has 1 aromatic heterocycles. The number of nitrogens with zero attached hydrogens (tertiary/aromatic N) is 1. The molecule has 1 saturated carbocycles. The summed E-state index contributed by atoms with van der Waals surface area (Å²) < 4.78 is 1.03. The minimum absolute atomic E-state index is 0.588. The van der Waals surface area contributed by atoms with Crippen molar-refractivity contribution < 1.29 is 0 Å². The Bertz CT molecular complexity index is 336. The zero-order valence-corrected chi connectivity index (χ0v) is 11.5. The first-order chi connectivity index (χ1) is 7.65. The number of halogens is 1. The van der Waals surface area contributed by atoms with Gasteiger partial charge in [-0.05, 0) is 59.2 Å². The van der Waals surface area contributed by atoms with Crippen molar-refractivity contribution in [3.63, 3.8) is 0 Å². The van der Waals surface area contributed by atoms with Crippen molar-refractivity contribution in [1.82, 2.24) is 4.98 Å². The molecule has 1 aliphatic rings. The molecule has 3 atom stereocenters. The van der Waals surface area contributed by atoms with Crippen LogP contribution in [-0.4, -0.2) is 11.0 Å². The Morgan fingerprint density at radius 2 is 2.12 bits per heavy atom. The Morgan fingerprint density at radius 1 is 1.31 bits per heavy atom. The highest BCUT2D eigenvalue weighted by Crippen LogP contribution is 2.30. The second-order valence-corrected chi connectivity index (χ2v) is 5.92. The summed E-state index contributed by atoms with van der Waals surface area (Å²) in [6, 6.07) is 4.66. The third-order valence-corrected chi connectivity index (χ3v) is 3.96. The van der Waals surface area contributed by atoms with Gasteiger partial charge in [-0.25, -0.2) is 4.98 Å². The van der Waals surface area contributed by atoms with E-state index in [0.29, 0.717) is 6.04 Å². The molecular formula is C13H19BrN2. The lowest BCUT2D eigenvalue weighted by Crippen LogP contribution is -2.33. The molecule has 2 rings (SSSR count). The third kappa shape index (κ3) is 2.97.